The minimum Gasteiger partial charge on any atom is -0.495 e. The quantitative estimate of drug-likeness (QED) is 0.133. The minimum absolute atomic E-state index is 0.0707. The first-order valence-corrected chi connectivity index (χ1v) is 16.4. The Hall–Kier alpha value is -4.96. The molecule has 3 atom stereocenters. The summed E-state index contributed by atoms with van der Waals surface area (Å²) in [5.41, 5.74) is 4.76. The van der Waals surface area contributed by atoms with Gasteiger partial charge in [0.05, 0.1) is 18.2 Å². The largest absolute Gasteiger partial charge is 0.495 e. The summed E-state index contributed by atoms with van der Waals surface area (Å²) in [6.45, 7) is 4.39. The van der Waals surface area contributed by atoms with E-state index < -0.39 is 11.9 Å². The molecule has 2 fully saturated rings. The number of nitrogens with zero attached hydrogens (tertiary/aromatic N) is 2. The van der Waals surface area contributed by atoms with E-state index in [2.05, 4.69) is 33.8 Å². The van der Waals surface area contributed by atoms with Crippen molar-refractivity contribution in [3.05, 3.63) is 101 Å². The number of benzene rings is 3. The summed E-state index contributed by atoms with van der Waals surface area (Å²) in [4.78, 5) is 47.1. The van der Waals surface area contributed by atoms with Crippen LogP contribution in [-0.2, 0) is 22.7 Å². The summed E-state index contributed by atoms with van der Waals surface area (Å²) >= 11 is 0. The van der Waals surface area contributed by atoms with Crippen LogP contribution in [0.2, 0.25) is 0 Å². The number of rotatable bonds is 11. The molecule has 1 amide bonds. The number of nitrogens with one attached hydrogen (secondary N) is 1. The number of hydrogen-bond donors (Lipinski definition) is 3. The van der Waals surface area contributed by atoms with Crippen LogP contribution in [0.5, 0.6) is 5.75 Å². The van der Waals surface area contributed by atoms with Crippen LogP contribution in [0.25, 0.3) is 10.9 Å². The van der Waals surface area contributed by atoms with E-state index in [0.717, 1.165) is 60.1 Å². The Morgan fingerprint density at radius 1 is 0.875 bits per heavy atom. The molecular weight excluding hydrogens is 610 g/mol. The second-order valence-electron chi connectivity index (χ2n) is 12.7. The minimum atomic E-state index is -1.82. The number of Topliss-reactive ketones (excluding diaryl/α,β-unsaturated/α-hetero) is 1. The summed E-state index contributed by atoms with van der Waals surface area (Å²) in [7, 11) is 1.69. The maximum Gasteiger partial charge on any atom is 0.414 e. The van der Waals surface area contributed by atoms with E-state index in [4.69, 9.17) is 24.5 Å². The molecule has 0 saturated carbocycles. The van der Waals surface area contributed by atoms with Crippen LogP contribution in [0.1, 0.15) is 70.4 Å². The summed E-state index contributed by atoms with van der Waals surface area (Å²) in [5, 5.41) is 18.8. The predicted molar refractivity (Wildman–Crippen MR) is 182 cm³/mol. The van der Waals surface area contributed by atoms with Crippen LogP contribution in [-0.4, -0.2) is 69.0 Å². The van der Waals surface area contributed by atoms with Gasteiger partial charge in [0.2, 0.25) is 0 Å². The maximum atomic E-state index is 13.3. The number of amides is 1. The third kappa shape index (κ3) is 8.30. The first-order valence-electron chi connectivity index (χ1n) is 16.4. The van der Waals surface area contributed by atoms with Crippen molar-refractivity contribution in [3.8, 4) is 5.75 Å². The van der Waals surface area contributed by atoms with Gasteiger partial charge < -0.3 is 24.8 Å². The SMILES string of the molecule is COc1cccc2c(C(=O)NCc3cccc(C)c3)cn(CCCN3[C@@H]4CC[C@H]3CC(CC(=O)c3ccccc3)C4)c12.O=C(O)C(=O)O. The molecule has 3 N–H and O–H groups in total. The van der Waals surface area contributed by atoms with Crippen molar-refractivity contribution in [1.29, 1.82) is 0 Å². The number of ether oxygens (including phenoxy) is 1. The van der Waals surface area contributed by atoms with Gasteiger partial charge in [-0.15, -0.1) is 0 Å². The molecule has 252 valence electrons. The molecule has 2 aliphatic heterocycles. The Balaban J connectivity index is 0.000000689. The number of aryl methyl sites for hydroxylation is 2. The van der Waals surface area contributed by atoms with Crippen molar-refractivity contribution in [2.75, 3.05) is 13.7 Å². The topological polar surface area (TPSA) is 138 Å². The molecule has 3 heterocycles. The zero-order chi connectivity index (χ0) is 34.2. The van der Waals surface area contributed by atoms with Crippen LogP contribution in [0.15, 0.2) is 79.0 Å². The van der Waals surface area contributed by atoms with Crippen LogP contribution < -0.4 is 10.1 Å². The van der Waals surface area contributed by atoms with E-state index in [9.17, 15) is 9.59 Å². The number of carbonyl (C=O) groups is 4. The zero-order valence-corrected chi connectivity index (χ0v) is 27.4. The Morgan fingerprint density at radius 2 is 1.56 bits per heavy atom. The molecule has 10 heteroatoms. The zero-order valence-electron chi connectivity index (χ0n) is 27.4. The molecule has 0 radical (unpaired) electrons. The van der Waals surface area contributed by atoms with Crippen molar-refractivity contribution in [2.24, 2.45) is 5.92 Å². The smallest absolute Gasteiger partial charge is 0.414 e. The molecule has 4 aromatic rings. The fourth-order valence-corrected chi connectivity index (χ4v) is 7.29. The van der Waals surface area contributed by atoms with E-state index >= 15 is 0 Å². The summed E-state index contributed by atoms with van der Waals surface area (Å²) in [6.07, 6.45) is 8.33. The fraction of sp³-hybridized carbons (Fsp3) is 0.368. The molecule has 0 spiro atoms. The lowest BCUT2D eigenvalue weighted by molar-refractivity contribution is -0.159. The fourth-order valence-electron chi connectivity index (χ4n) is 7.29. The second-order valence-corrected chi connectivity index (χ2v) is 12.7. The van der Waals surface area contributed by atoms with Crippen molar-refractivity contribution in [1.82, 2.24) is 14.8 Å². The Bertz CT molecular complexity index is 1740. The number of carbonyl (C=O) groups excluding carboxylic acids is 2. The number of para-hydroxylation sites is 1. The summed E-state index contributed by atoms with van der Waals surface area (Å²) in [6, 6.07) is 25.0. The van der Waals surface area contributed by atoms with E-state index in [0.29, 0.717) is 36.5 Å². The van der Waals surface area contributed by atoms with Crippen LogP contribution >= 0.6 is 0 Å². The van der Waals surface area contributed by atoms with Crippen LogP contribution in [0.4, 0.5) is 0 Å². The third-order valence-corrected chi connectivity index (χ3v) is 9.41. The van der Waals surface area contributed by atoms with E-state index in [1.54, 1.807) is 7.11 Å². The first kappa shape index (κ1) is 34.4. The highest BCUT2D eigenvalue weighted by atomic mass is 16.5. The van der Waals surface area contributed by atoms with Crippen molar-refractivity contribution in [3.63, 3.8) is 0 Å². The molecule has 3 aromatic carbocycles. The van der Waals surface area contributed by atoms with Gasteiger partial charge in [-0.2, -0.15) is 0 Å². The number of ketones is 1. The number of aliphatic carboxylic acids is 2. The van der Waals surface area contributed by atoms with E-state index in [1.807, 2.05) is 66.9 Å². The van der Waals surface area contributed by atoms with Gasteiger partial charge in [-0.25, -0.2) is 9.59 Å². The lowest BCUT2D eigenvalue weighted by atomic mass is 9.85. The highest BCUT2D eigenvalue weighted by Gasteiger charge is 2.40. The molecule has 48 heavy (non-hydrogen) atoms. The lowest BCUT2D eigenvalue weighted by Crippen LogP contribution is -2.43. The maximum absolute atomic E-state index is 13.3. The number of aromatic nitrogens is 1. The van der Waals surface area contributed by atoms with Crippen LogP contribution in [0.3, 0.4) is 0 Å². The average molecular weight is 654 g/mol. The monoisotopic (exact) mass is 653 g/mol. The number of methoxy groups -OCH3 is 1. The van der Waals surface area contributed by atoms with Gasteiger partial charge in [-0.1, -0.05) is 72.3 Å². The van der Waals surface area contributed by atoms with Crippen molar-refractivity contribution >= 4 is 34.5 Å². The predicted octanol–water partition coefficient (Wildman–Crippen LogP) is 5.95. The first-order chi connectivity index (χ1) is 23.1. The van der Waals surface area contributed by atoms with Crippen molar-refractivity contribution < 1.29 is 34.1 Å². The van der Waals surface area contributed by atoms with E-state index in [1.165, 1.54) is 18.4 Å². The van der Waals surface area contributed by atoms with E-state index in [-0.39, 0.29) is 11.7 Å². The van der Waals surface area contributed by atoms with Gasteiger partial charge in [0.15, 0.2) is 5.78 Å². The van der Waals surface area contributed by atoms with Crippen LogP contribution in [0, 0.1) is 12.8 Å². The van der Waals surface area contributed by atoms with Gasteiger partial charge in [0, 0.05) is 55.3 Å². The second kappa shape index (κ2) is 15.8. The molecule has 2 saturated heterocycles. The van der Waals surface area contributed by atoms with Gasteiger partial charge in [-0.05, 0) is 56.6 Å². The molecule has 1 unspecified atom stereocenters. The molecule has 6 rings (SSSR count). The normalized spacial score (nSPS) is 18.5. The van der Waals surface area contributed by atoms with Gasteiger partial charge in [0.1, 0.15) is 5.75 Å². The summed E-state index contributed by atoms with van der Waals surface area (Å²) < 4.78 is 7.93. The number of carboxylic acids is 2. The molecule has 10 nitrogen and oxygen atoms in total. The van der Waals surface area contributed by atoms with Gasteiger partial charge in [-0.3, -0.25) is 14.5 Å². The number of piperidine rings is 1. The van der Waals surface area contributed by atoms with Crippen molar-refractivity contribution in [2.45, 2.75) is 70.6 Å². The standard InChI is InChI=1S/C36H41N3O3.C2H2O4/c1-25-9-6-10-26(19-25)23-37-36(41)32-24-38(35-31(32)13-7-14-34(35)42-2)17-8-18-39-29-15-16-30(39)21-27(20-29)22-33(40)28-11-4-3-5-12-28;3-1(4)2(5)6/h3-7,9-14,19,24,27,29-30H,8,15-18,20-23H2,1-2H3,(H,37,41);(H,3,4)(H,5,6)/t27?,29-,30+;. The number of hydrogen-bond acceptors (Lipinski definition) is 6. The number of fused-ring (bicyclic) bond motifs is 3. The highest BCUT2D eigenvalue weighted by Crippen LogP contribution is 2.40. The average Bonchev–Trinajstić information content (AvgIpc) is 3.57. The molecule has 1 aromatic heterocycles. The van der Waals surface area contributed by atoms with Gasteiger partial charge >= 0.3 is 11.9 Å². The highest BCUT2D eigenvalue weighted by molar-refractivity contribution is 6.27. The summed E-state index contributed by atoms with van der Waals surface area (Å²) in [5.74, 6) is -2.18. The number of carboxylic acid groups (broad SMARTS) is 2. The Kier molecular flexibility index (Phi) is 11.3. The Labute approximate surface area is 280 Å². The molecule has 0 aliphatic carbocycles. The molecule has 2 aliphatic rings. The van der Waals surface area contributed by atoms with Gasteiger partial charge in [0.25, 0.3) is 5.91 Å². The molecule has 2 bridgehead atoms. The third-order valence-electron chi connectivity index (χ3n) is 9.41. The molecular formula is C38H43N3O7. The lowest BCUT2D eigenvalue weighted by Gasteiger charge is -2.39. The Morgan fingerprint density at radius 3 is 2.21 bits per heavy atom.